The van der Waals surface area contributed by atoms with Crippen LogP contribution in [0.1, 0.15) is 22.3 Å². The van der Waals surface area contributed by atoms with Crippen molar-refractivity contribution in [3.8, 4) is 134 Å². The lowest BCUT2D eigenvalue weighted by molar-refractivity contribution is -0.659. The van der Waals surface area contributed by atoms with E-state index in [0.29, 0.717) is 0 Å². The molecule has 0 spiro atoms. The fourth-order valence-electron chi connectivity index (χ4n) is 18.7. The number of aryl methyl sites for hydroxylation is 8. The molecular formula is C104H78N4+4. The number of hydrogen-bond donors (Lipinski definition) is 0. The standard InChI is InChI=1S/3C27H20N.C23H18N/c2*1-17-19-11-7-12-22-20-9-4-5-10-21(20)24(27(19)22)16-23(17)26-15-14-18-8-3-6-13-25(18)28(26)2;1-17-19-12-7-13-23-21-10-5-6-11-22(21)25(26(19)23)16-24(17)27-20-9-4-3-8-18(20)14-15-28(27)2;1-15-8-3-4-9-16(15)22-14-20-18-11-6-5-10-17(18)19-12-7-13-21(23(19)20)24(22)2/h3*3-16H,1-2H3;3-14H,1-2H3/q4*+1. The van der Waals surface area contributed by atoms with E-state index in [-0.39, 0.29) is 0 Å². The molecule has 0 saturated heterocycles. The molecule has 108 heavy (non-hydrogen) atoms. The summed E-state index contributed by atoms with van der Waals surface area (Å²) >= 11 is 0. The van der Waals surface area contributed by atoms with Crippen LogP contribution in [0, 0.1) is 27.7 Å². The number of pyridine rings is 4. The van der Waals surface area contributed by atoms with Crippen molar-refractivity contribution in [1.29, 1.82) is 0 Å². The summed E-state index contributed by atoms with van der Waals surface area (Å²) in [4.78, 5) is 0. The van der Waals surface area contributed by atoms with Gasteiger partial charge < -0.3 is 0 Å². The highest BCUT2D eigenvalue weighted by Crippen LogP contribution is 2.54. The van der Waals surface area contributed by atoms with Crippen molar-refractivity contribution in [2.24, 2.45) is 28.2 Å². The maximum atomic E-state index is 2.41. The molecule has 510 valence electrons. The van der Waals surface area contributed by atoms with Crippen molar-refractivity contribution < 1.29 is 18.3 Å². The van der Waals surface area contributed by atoms with Crippen LogP contribution in [0.3, 0.4) is 0 Å². The number of nitrogens with zero attached hydrogens (tertiary/aromatic N) is 4. The van der Waals surface area contributed by atoms with Gasteiger partial charge in [-0.1, -0.05) is 224 Å². The molecule has 4 aliphatic rings. The van der Waals surface area contributed by atoms with E-state index in [4.69, 9.17) is 0 Å². The Morgan fingerprint density at radius 1 is 0.194 bits per heavy atom. The van der Waals surface area contributed by atoms with E-state index in [1.165, 1.54) is 232 Å². The van der Waals surface area contributed by atoms with Gasteiger partial charge in [0, 0.05) is 64.4 Å². The van der Waals surface area contributed by atoms with Crippen LogP contribution >= 0.6 is 0 Å². The highest BCUT2D eigenvalue weighted by molar-refractivity contribution is 6.21. The molecular weight excluding hydrogens is 1310 g/mol. The second kappa shape index (κ2) is 25.2. The van der Waals surface area contributed by atoms with Gasteiger partial charge in [0.1, 0.15) is 28.2 Å². The largest absolute Gasteiger partial charge is 0.220 e. The van der Waals surface area contributed by atoms with Crippen molar-refractivity contribution in [2.45, 2.75) is 27.7 Å². The van der Waals surface area contributed by atoms with Crippen LogP contribution in [0.25, 0.3) is 210 Å². The summed E-state index contributed by atoms with van der Waals surface area (Å²) in [6.45, 7) is 8.97. The zero-order valence-electron chi connectivity index (χ0n) is 62.0. The molecule has 15 aromatic carbocycles. The summed E-state index contributed by atoms with van der Waals surface area (Å²) in [5, 5.41) is 14.7. The van der Waals surface area contributed by atoms with Gasteiger partial charge in [0.25, 0.3) is 0 Å². The molecule has 0 saturated carbocycles. The van der Waals surface area contributed by atoms with Gasteiger partial charge in [-0.3, -0.25) is 0 Å². The van der Waals surface area contributed by atoms with Gasteiger partial charge in [0.05, 0.1) is 27.5 Å². The number of benzene rings is 15. The van der Waals surface area contributed by atoms with Crippen molar-refractivity contribution in [2.75, 3.05) is 0 Å². The molecule has 0 aliphatic heterocycles. The minimum atomic E-state index is 1.25. The Labute approximate surface area is 629 Å². The lowest BCUT2D eigenvalue weighted by Gasteiger charge is -2.13. The van der Waals surface area contributed by atoms with Gasteiger partial charge in [0.2, 0.25) is 39.3 Å². The van der Waals surface area contributed by atoms with Crippen molar-refractivity contribution in [3.05, 3.63) is 350 Å². The maximum absolute atomic E-state index is 2.41. The first kappa shape index (κ1) is 64.3. The fourth-order valence-corrected chi connectivity index (χ4v) is 18.7. The second-order valence-corrected chi connectivity index (χ2v) is 29.7. The third-order valence-electron chi connectivity index (χ3n) is 24.1. The number of hydrogen-bond acceptors (Lipinski definition) is 0. The maximum Gasteiger partial charge on any atom is 0.220 e. The van der Waals surface area contributed by atoms with E-state index in [0.717, 1.165) is 0 Å². The molecule has 0 N–H and O–H groups in total. The number of aromatic nitrogens is 4. The summed E-state index contributed by atoms with van der Waals surface area (Å²) < 4.78 is 9.23. The van der Waals surface area contributed by atoms with Crippen LogP contribution in [-0.4, -0.2) is 0 Å². The lowest BCUT2D eigenvalue weighted by Crippen LogP contribution is -2.32. The summed E-state index contributed by atoms with van der Waals surface area (Å²) in [6, 6.07) is 117. The van der Waals surface area contributed by atoms with Gasteiger partial charge in [-0.2, -0.15) is 13.7 Å². The van der Waals surface area contributed by atoms with Crippen LogP contribution in [0.5, 0.6) is 0 Å². The first-order chi connectivity index (χ1) is 53.0. The zero-order chi connectivity index (χ0) is 72.7. The monoisotopic (exact) mass is 1380 g/mol. The minimum Gasteiger partial charge on any atom is -0.200 e. The highest BCUT2D eigenvalue weighted by Gasteiger charge is 2.32. The quantitative estimate of drug-likeness (QED) is 0.156. The molecule has 4 aliphatic carbocycles. The molecule has 0 bridgehead atoms. The van der Waals surface area contributed by atoms with Crippen molar-refractivity contribution in [1.82, 2.24) is 0 Å². The third-order valence-corrected chi connectivity index (χ3v) is 24.1. The van der Waals surface area contributed by atoms with Crippen LogP contribution < -0.4 is 18.3 Å². The predicted molar refractivity (Wildman–Crippen MR) is 451 cm³/mol. The number of rotatable bonds is 4. The second-order valence-electron chi connectivity index (χ2n) is 29.7. The Morgan fingerprint density at radius 2 is 0.509 bits per heavy atom. The van der Waals surface area contributed by atoms with E-state index < -0.39 is 0 Å². The van der Waals surface area contributed by atoms with E-state index >= 15 is 0 Å². The topological polar surface area (TPSA) is 15.5 Å². The van der Waals surface area contributed by atoms with Crippen molar-refractivity contribution in [3.63, 3.8) is 0 Å². The van der Waals surface area contributed by atoms with Crippen LogP contribution in [-0.2, 0) is 28.2 Å². The number of para-hydroxylation sites is 2. The van der Waals surface area contributed by atoms with Crippen molar-refractivity contribution >= 4 is 75.8 Å². The predicted octanol–water partition coefficient (Wildman–Crippen LogP) is 24.6. The Kier molecular flexibility index (Phi) is 15.0. The molecule has 4 heterocycles. The molecule has 0 radical (unpaired) electrons. The fraction of sp³-hybridized carbons (Fsp3) is 0.0769. The molecule has 19 aromatic rings. The molecule has 23 rings (SSSR count). The van der Waals surface area contributed by atoms with E-state index in [2.05, 4.69) is 402 Å². The zero-order valence-corrected chi connectivity index (χ0v) is 62.0. The van der Waals surface area contributed by atoms with E-state index in [1.54, 1.807) is 0 Å². The molecule has 0 unspecified atom stereocenters. The Balaban J connectivity index is 0.0000000950. The van der Waals surface area contributed by atoms with Gasteiger partial charge in [-0.05, 0) is 226 Å². The SMILES string of the molecule is Cc1c(-c2c3ccccc3cc[n+]2C)cc2c3c(cccc13)-c1ccccc1-2.Cc1c(-c2ccc3ccccc3[n+]2C)cc2c3c(cccc13)-c1ccccc1-2.Cc1c(-c2ccc3ccccc3[n+]2C)cc2c3c(cccc13)-c1ccccc1-2.Cc1ccccc1-c1cc2c3c(cccc3[n+]1C)-c1ccccc1-2. The smallest absolute Gasteiger partial charge is 0.200 e. The van der Waals surface area contributed by atoms with Gasteiger partial charge in [-0.15, -0.1) is 0 Å². The average molecular weight is 1380 g/mol. The van der Waals surface area contributed by atoms with E-state index in [9.17, 15) is 0 Å². The number of fused-ring (bicyclic) bond motifs is 15. The Hall–Kier alpha value is -13.3. The molecule has 4 heteroatoms. The lowest BCUT2D eigenvalue weighted by atomic mass is 9.91. The van der Waals surface area contributed by atoms with Gasteiger partial charge in [-0.25, -0.2) is 4.57 Å². The average Bonchev–Trinajstić information content (AvgIpc) is 1.57. The molecule has 0 atom stereocenters. The molecule has 0 amide bonds. The first-order valence-electron chi connectivity index (χ1n) is 37.7. The first-order valence-corrected chi connectivity index (χ1v) is 37.7. The molecule has 4 aromatic heterocycles. The third kappa shape index (κ3) is 9.83. The van der Waals surface area contributed by atoms with Crippen LogP contribution in [0.2, 0.25) is 0 Å². The van der Waals surface area contributed by atoms with Crippen LogP contribution in [0.15, 0.2) is 328 Å². The minimum absolute atomic E-state index is 1.25. The normalized spacial score (nSPS) is 11.9. The van der Waals surface area contributed by atoms with Crippen LogP contribution in [0.4, 0.5) is 0 Å². The van der Waals surface area contributed by atoms with E-state index in [1.807, 2.05) is 0 Å². The Bertz CT molecular complexity index is 6870. The Morgan fingerprint density at radius 3 is 0.963 bits per heavy atom. The summed E-state index contributed by atoms with van der Waals surface area (Å²) in [7, 11) is 8.67. The highest BCUT2D eigenvalue weighted by atomic mass is 15.0. The van der Waals surface area contributed by atoms with Gasteiger partial charge in [0.15, 0.2) is 6.20 Å². The summed E-state index contributed by atoms with van der Waals surface area (Å²) in [5.41, 5.74) is 41.1. The molecule has 0 fully saturated rings. The summed E-state index contributed by atoms with van der Waals surface area (Å²) in [6.07, 6.45) is 2.17. The molecule has 4 nitrogen and oxygen atoms in total. The van der Waals surface area contributed by atoms with Gasteiger partial charge >= 0.3 is 0 Å². The summed E-state index contributed by atoms with van der Waals surface area (Å²) in [5.74, 6) is 0.